The van der Waals surface area contributed by atoms with Crippen molar-refractivity contribution in [2.24, 2.45) is 0 Å². The van der Waals surface area contributed by atoms with Crippen LogP contribution in [0.25, 0.3) is 0 Å². The predicted octanol–water partition coefficient (Wildman–Crippen LogP) is 1.46. The molecule has 0 radical (unpaired) electrons. The molecule has 22 heavy (non-hydrogen) atoms. The molecule has 0 aliphatic carbocycles. The number of hydrogen-bond donors (Lipinski definition) is 2. The lowest BCUT2D eigenvalue weighted by molar-refractivity contribution is -0.121. The summed E-state index contributed by atoms with van der Waals surface area (Å²) in [6, 6.07) is 6.14. The van der Waals surface area contributed by atoms with Gasteiger partial charge in [0, 0.05) is 37.1 Å². The fourth-order valence-corrected chi connectivity index (χ4v) is 3.38. The largest absolute Gasteiger partial charge is 0.493 e. The molecule has 2 rings (SSSR count). The second-order valence-electron chi connectivity index (χ2n) is 5.22. The molecule has 1 aromatic rings. The molecule has 1 fully saturated rings. The van der Waals surface area contributed by atoms with Gasteiger partial charge in [0.15, 0.2) is 11.5 Å². The smallest absolute Gasteiger partial charge is 0.221 e. The third-order valence-corrected chi connectivity index (χ3v) is 4.74. The van der Waals surface area contributed by atoms with Gasteiger partial charge in [-0.3, -0.25) is 4.79 Å². The standard InChI is InChI=1S/C16H24N2O3S/c1-20-14-4-3-12(9-15(14)21-2)5-6-18-16(19)10-13-11-22-8-7-17-13/h3-4,9,13,17H,5-8,10-11H2,1-2H3,(H,18,19). The van der Waals surface area contributed by atoms with Gasteiger partial charge >= 0.3 is 0 Å². The number of methoxy groups -OCH3 is 2. The average molecular weight is 324 g/mol. The number of carbonyl (C=O) groups excluding carboxylic acids is 1. The summed E-state index contributed by atoms with van der Waals surface area (Å²) in [5.74, 6) is 3.70. The van der Waals surface area contributed by atoms with Crippen LogP contribution in [-0.4, -0.2) is 50.8 Å². The van der Waals surface area contributed by atoms with Gasteiger partial charge in [-0.05, 0) is 24.1 Å². The van der Waals surface area contributed by atoms with Crippen molar-refractivity contribution in [2.75, 3.05) is 38.8 Å². The second kappa shape index (κ2) is 8.90. The normalized spacial score (nSPS) is 17.8. The lowest BCUT2D eigenvalue weighted by atomic mass is 10.1. The minimum atomic E-state index is 0.112. The molecule has 1 aromatic carbocycles. The maximum absolute atomic E-state index is 11.9. The summed E-state index contributed by atoms with van der Waals surface area (Å²) >= 11 is 1.91. The first kappa shape index (κ1) is 17.0. The first-order valence-electron chi connectivity index (χ1n) is 7.51. The second-order valence-corrected chi connectivity index (χ2v) is 6.37. The number of thioether (sulfide) groups is 1. The van der Waals surface area contributed by atoms with Crippen LogP contribution in [0.3, 0.4) is 0 Å². The van der Waals surface area contributed by atoms with Gasteiger partial charge in [-0.15, -0.1) is 0 Å². The van der Waals surface area contributed by atoms with Crippen molar-refractivity contribution in [3.05, 3.63) is 23.8 Å². The zero-order valence-electron chi connectivity index (χ0n) is 13.2. The summed E-state index contributed by atoms with van der Waals surface area (Å²) in [5, 5.41) is 6.36. The van der Waals surface area contributed by atoms with E-state index in [4.69, 9.17) is 9.47 Å². The Balaban J connectivity index is 1.74. The quantitative estimate of drug-likeness (QED) is 0.795. The molecular formula is C16H24N2O3S. The van der Waals surface area contributed by atoms with Crippen LogP contribution in [0, 0.1) is 0 Å². The Morgan fingerprint density at radius 2 is 2.18 bits per heavy atom. The summed E-state index contributed by atoms with van der Waals surface area (Å²) in [6.45, 7) is 1.63. The molecule has 1 aliphatic rings. The molecule has 0 bridgehead atoms. The predicted molar refractivity (Wildman–Crippen MR) is 90.0 cm³/mol. The first-order chi connectivity index (χ1) is 10.7. The van der Waals surface area contributed by atoms with Crippen LogP contribution in [0.2, 0.25) is 0 Å². The summed E-state index contributed by atoms with van der Waals surface area (Å²) in [4.78, 5) is 11.9. The van der Waals surface area contributed by atoms with Crippen LogP contribution < -0.4 is 20.1 Å². The Hall–Kier alpha value is -1.40. The minimum absolute atomic E-state index is 0.112. The van der Waals surface area contributed by atoms with E-state index in [1.54, 1.807) is 14.2 Å². The lowest BCUT2D eigenvalue weighted by Gasteiger charge is -2.22. The van der Waals surface area contributed by atoms with Crippen molar-refractivity contribution in [3.63, 3.8) is 0 Å². The summed E-state index contributed by atoms with van der Waals surface area (Å²) < 4.78 is 10.5. The summed E-state index contributed by atoms with van der Waals surface area (Å²) in [5.41, 5.74) is 1.12. The van der Waals surface area contributed by atoms with Gasteiger partial charge in [0.05, 0.1) is 14.2 Å². The van der Waals surface area contributed by atoms with Crippen LogP contribution in [-0.2, 0) is 11.2 Å². The van der Waals surface area contributed by atoms with E-state index in [-0.39, 0.29) is 5.91 Å². The molecule has 122 valence electrons. The molecule has 5 nitrogen and oxygen atoms in total. The van der Waals surface area contributed by atoms with Crippen LogP contribution in [0.15, 0.2) is 18.2 Å². The Bertz CT molecular complexity index is 490. The van der Waals surface area contributed by atoms with Crippen molar-refractivity contribution >= 4 is 17.7 Å². The van der Waals surface area contributed by atoms with E-state index in [1.807, 2.05) is 30.0 Å². The lowest BCUT2D eigenvalue weighted by Crippen LogP contribution is -2.41. The van der Waals surface area contributed by atoms with Crippen LogP contribution in [0.4, 0.5) is 0 Å². The molecule has 1 saturated heterocycles. The maximum atomic E-state index is 11.9. The first-order valence-corrected chi connectivity index (χ1v) is 8.67. The van der Waals surface area contributed by atoms with Crippen molar-refractivity contribution < 1.29 is 14.3 Å². The van der Waals surface area contributed by atoms with E-state index in [2.05, 4.69) is 10.6 Å². The molecular weight excluding hydrogens is 300 g/mol. The number of nitrogens with one attached hydrogen (secondary N) is 2. The van der Waals surface area contributed by atoms with E-state index >= 15 is 0 Å². The highest BCUT2D eigenvalue weighted by molar-refractivity contribution is 7.99. The highest BCUT2D eigenvalue weighted by Gasteiger charge is 2.16. The van der Waals surface area contributed by atoms with Crippen molar-refractivity contribution in [1.82, 2.24) is 10.6 Å². The van der Waals surface area contributed by atoms with Crippen molar-refractivity contribution in [1.29, 1.82) is 0 Å². The fraction of sp³-hybridized carbons (Fsp3) is 0.562. The Labute approximate surface area is 136 Å². The summed E-state index contributed by atoms with van der Waals surface area (Å²) in [6.07, 6.45) is 1.33. The van der Waals surface area contributed by atoms with Gasteiger partial charge in [0.2, 0.25) is 5.91 Å². The maximum Gasteiger partial charge on any atom is 0.221 e. The highest BCUT2D eigenvalue weighted by Crippen LogP contribution is 2.27. The van der Waals surface area contributed by atoms with Gasteiger partial charge < -0.3 is 20.1 Å². The van der Waals surface area contributed by atoms with E-state index in [0.29, 0.717) is 19.0 Å². The Morgan fingerprint density at radius 1 is 1.36 bits per heavy atom. The fourth-order valence-electron chi connectivity index (χ4n) is 2.43. The third kappa shape index (κ3) is 5.10. The molecule has 1 heterocycles. The minimum Gasteiger partial charge on any atom is -0.493 e. The number of hydrogen-bond acceptors (Lipinski definition) is 5. The molecule has 6 heteroatoms. The van der Waals surface area contributed by atoms with Gasteiger partial charge in [-0.25, -0.2) is 0 Å². The van der Waals surface area contributed by atoms with Crippen molar-refractivity contribution in [2.45, 2.75) is 18.9 Å². The molecule has 1 amide bonds. The topological polar surface area (TPSA) is 59.6 Å². The molecule has 1 atom stereocenters. The number of rotatable bonds is 7. The number of carbonyl (C=O) groups is 1. The summed E-state index contributed by atoms with van der Waals surface area (Å²) in [7, 11) is 3.24. The van der Waals surface area contributed by atoms with E-state index in [1.165, 1.54) is 0 Å². The molecule has 1 unspecified atom stereocenters. The molecule has 0 spiro atoms. The Morgan fingerprint density at radius 3 is 2.86 bits per heavy atom. The van der Waals surface area contributed by atoms with E-state index < -0.39 is 0 Å². The molecule has 1 aliphatic heterocycles. The van der Waals surface area contributed by atoms with E-state index in [0.717, 1.165) is 41.5 Å². The zero-order valence-corrected chi connectivity index (χ0v) is 14.0. The number of amides is 1. The number of benzene rings is 1. The Kier molecular flexibility index (Phi) is 6.86. The van der Waals surface area contributed by atoms with Crippen LogP contribution in [0.5, 0.6) is 11.5 Å². The average Bonchev–Trinajstić information content (AvgIpc) is 2.55. The zero-order chi connectivity index (χ0) is 15.8. The van der Waals surface area contributed by atoms with Gasteiger partial charge in [-0.2, -0.15) is 11.8 Å². The van der Waals surface area contributed by atoms with E-state index in [9.17, 15) is 4.79 Å². The highest BCUT2D eigenvalue weighted by atomic mass is 32.2. The monoisotopic (exact) mass is 324 g/mol. The molecule has 0 aromatic heterocycles. The number of ether oxygens (including phenoxy) is 2. The third-order valence-electron chi connectivity index (χ3n) is 3.61. The molecule has 0 saturated carbocycles. The van der Waals surface area contributed by atoms with Gasteiger partial charge in [-0.1, -0.05) is 6.07 Å². The van der Waals surface area contributed by atoms with Crippen molar-refractivity contribution in [3.8, 4) is 11.5 Å². The van der Waals surface area contributed by atoms with Crippen LogP contribution in [0.1, 0.15) is 12.0 Å². The molecule has 2 N–H and O–H groups in total. The van der Waals surface area contributed by atoms with Gasteiger partial charge in [0.25, 0.3) is 0 Å². The van der Waals surface area contributed by atoms with Gasteiger partial charge in [0.1, 0.15) is 0 Å². The SMILES string of the molecule is COc1ccc(CCNC(=O)CC2CSCCN2)cc1OC. The van der Waals surface area contributed by atoms with Crippen LogP contribution >= 0.6 is 11.8 Å².